The van der Waals surface area contributed by atoms with E-state index in [0.29, 0.717) is 30.5 Å². The lowest BCUT2D eigenvalue weighted by atomic mass is 9.84. The van der Waals surface area contributed by atoms with Crippen LogP contribution < -0.4 is 21.7 Å². The maximum Gasteiger partial charge on any atom is 0.329 e. The number of benzene rings is 4. The van der Waals surface area contributed by atoms with E-state index < -0.39 is 73.7 Å². The van der Waals surface area contributed by atoms with Gasteiger partial charge in [-0.05, 0) is 90.1 Å². The number of hydrogen-bond acceptors (Lipinski definition) is 7. The van der Waals surface area contributed by atoms with Gasteiger partial charge in [0, 0.05) is 44.3 Å². The predicted octanol–water partition coefficient (Wildman–Crippen LogP) is 4.09. The summed E-state index contributed by atoms with van der Waals surface area (Å²) in [5, 5.41) is 21.3. The number of rotatable bonds is 20. The van der Waals surface area contributed by atoms with Gasteiger partial charge in [0.1, 0.15) is 11.6 Å². The molecule has 0 radical (unpaired) electrons. The predicted molar refractivity (Wildman–Crippen MR) is 241 cm³/mol. The summed E-state index contributed by atoms with van der Waals surface area (Å²) < 4.78 is 13.5. The van der Waals surface area contributed by atoms with Crippen molar-refractivity contribution in [2.45, 2.75) is 82.6 Å². The number of aromatic nitrogens is 1. The molecule has 17 heteroatoms. The van der Waals surface area contributed by atoms with Crippen molar-refractivity contribution in [2.75, 3.05) is 19.6 Å². The highest BCUT2D eigenvalue weighted by Gasteiger charge is 2.46. The van der Waals surface area contributed by atoms with E-state index in [9.17, 15) is 48.2 Å². The lowest BCUT2D eigenvalue weighted by molar-refractivity contribution is -0.145. The lowest BCUT2D eigenvalue weighted by Crippen LogP contribution is -2.66. The number of aryl methyl sites for hydroxylation is 3. The second-order valence-corrected chi connectivity index (χ2v) is 18.3. The van der Waals surface area contributed by atoms with Gasteiger partial charge in [-0.15, -0.1) is 0 Å². The van der Waals surface area contributed by atoms with Crippen LogP contribution in [0.15, 0.2) is 97.2 Å². The van der Waals surface area contributed by atoms with Gasteiger partial charge >= 0.3 is 13.6 Å². The molecule has 5 amide bonds. The van der Waals surface area contributed by atoms with Crippen molar-refractivity contribution in [3.8, 4) is 0 Å². The average molecular weight is 895 g/mol. The first-order valence-electron chi connectivity index (χ1n) is 21.3. The first-order valence-corrected chi connectivity index (χ1v) is 23.1. The number of hydrogen-bond donors (Lipinski definition) is 7. The second-order valence-electron chi connectivity index (χ2n) is 16.6. The minimum absolute atomic E-state index is 0.0453. The maximum absolute atomic E-state index is 14.5. The molecule has 8 N–H and O–H groups in total. The van der Waals surface area contributed by atoms with Crippen molar-refractivity contribution in [1.82, 2.24) is 25.4 Å². The van der Waals surface area contributed by atoms with Crippen molar-refractivity contribution < 1.29 is 48.2 Å². The molecule has 6 rings (SSSR count). The monoisotopic (exact) mass is 894 g/mol. The topological polar surface area (TPSA) is 250 Å². The van der Waals surface area contributed by atoms with Crippen molar-refractivity contribution in [3.05, 3.63) is 119 Å². The van der Waals surface area contributed by atoms with E-state index in [4.69, 9.17) is 5.73 Å². The first kappa shape index (κ1) is 47.1. The number of carboxylic acids is 1. The largest absolute Gasteiger partial charge is 0.481 e. The van der Waals surface area contributed by atoms with Crippen molar-refractivity contribution in [1.29, 1.82) is 0 Å². The van der Waals surface area contributed by atoms with Crippen LogP contribution in [-0.4, -0.2) is 91.1 Å². The summed E-state index contributed by atoms with van der Waals surface area (Å²) in [6, 6.07) is 26.7. The van der Waals surface area contributed by atoms with Gasteiger partial charge in [-0.3, -0.25) is 33.3 Å². The number of likely N-dealkylation sites (tertiary alicyclic amines) is 1. The third kappa shape index (κ3) is 12.6. The highest BCUT2D eigenvalue weighted by atomic mass is 31.2. The minimum atomic E-state index is -4.35. The molecular formula is C47H55N6O10P. The zero-order valence-corrected chi connectivity index (χ0v) is 36.6. The summed E-state index contributed by atoms with van der Waals surface area (Å²) in [6.07, 6.45) is 1.38. The molecule has 0 unspecified atom stereocenters. The summed E-state index contributed by atoms with van der Waals surface area (Å²) >= 11 is 0. The number of aliphatic carboxylic acids is 1. The van der Waals surface area contributed by atoms with Crippen LogP contribution in [0.5, 0.6) is 0 Å². The van der Waals surface area contributed by atoms with E-state index in [1.165, 1.54) is 12.1 Å². The molecular weight excluding hydrogens is 840 g/mol. The van der Waals surface area contributed by atoms with E-state index >= 15 is 0 Å². The first-order chi connectivity index (χ1) is 30.5. The summed E-state index contributed by atoms with van der Waals surface area (Å²) in [7, 11) is -4.35. The zero-order valence-electron chi connectivity index (χ0n) is 35.7. The van der Waals surface area contributed by atoms with Crippen LogP contribution in [0.4, 0.5) is 0 Å². The molecule has 2 heterocycles. The quantitative estimate of drug-likeness (QED) is 0.0436. The standard InChI is InChI=1S/C47H55N6O10P/c1-31-11-16-40-36(26-31)17-22-52(40)23-18-42(55)53-24-19-47(20-25-53,51-44(58)37(28-43(56)57)27-32-12-14-33(15-13-32)30-64(61,62)63)46(60)50-39(29-41(48)54)45(59)49-21-5-9-35-8-4-7-34-6-2-3-10-38(34)35/h2-4,6-8,10-17,22,26,37,39H,5,9,18-21,23-25,27-30H2,1H3,(H2,48,54)(H,49,59)(H,50,60)(H,51,58)(H,56,57)(H2,61,62,63)/t37-,39+/m1/s1. The van der Waals surface area contributed by atoms with Crippen LogP contribution in [-0.2, 0) is 58.9 Å². The van der Waals surface area contributed by atoms with Gasteiger partial charge in [-0.1, -0.05) is 78.4 Å². The van der Waals surface area contributed by atoms with Crippen LogP contribution in [0.2, 0.25) is 0 Å². The van der Waals surface area contributed by atoms with Gasteiger partial charge in [0.25, 0.3) is 0 Å². The number of fused-ring (bicyclic) bond motifs is 2. The van der Waals surface area contributed by atoms with Crippen molar-refractivity contribution in [2.24, 2.45) is 11.7 Å². The number of carboxylic acid groups (broad SMARTS) is 1. The Bertz CT molecular complexity index is 2560. The second kappa shape index (κ2) is 20.9. The van der Waals surface area contributed by atoms with Gasteiger partial charge in [0.05, 0.1) is 24.9 Å². The molecule has 1 saturated heterocycles. The lowest BCUT2D eigenvalue weighted by Gasteiger charge is -2.42. The molecule has 4 aromatic carbocycles. The minimum Gasteiger partial charge on any atom is -0.481 e. The van der Waals surface area contributed by atoms with Crippen LogP contribution in [0.3, 0.4) is 0 Å². The fourth-order valence-electron chi connectivity index (χ4n) is 8.38. The highest BCUT2D eigenvalue weighted by molar-refractivity contribution is 7.50. The van der Waals surface area contributed by atoms with Crippen LogP contribution in [0.1, 0.15) is 60.8 Å². The Morgan fingerprint density at radius 2 is 1.55 bits per heavy atom. The molecule has 0 bridgehead atoms. The molecule has 64 heavy (non-hydrogen) atoms. The molecule has 16 nitrogen and oxygen atoms in total. The summed E-state index contributed by atoms with van der Waals surface area (Å²) in [5.74, 6) is -5.71. The van der Waals surface area contributed by atoms with Gasteiger partial charge in [-0.2, -0.15) is 0 Å². The number of carbonyl (C=O) groups is 6. The third-order valence-electron chi connectivity index (χ3n) is 11.8. The number of piperidine rings is 1. The Morgan fingerprint density at radius 3 is 2.25 bits per heavy atom. The van der Waals surface area contributed by atoms with Crippen LogP contribution >= 0.6 is 7.60 Å². The van der Waals surface area contributed by atoms with Crippen LogP contribution in [0.25, 0.3) is 21.7 Å². The van der Waals surface area contributed by atoms with E-state index in [1.807, 2.05) is 78.4 Å². The van der Waals surface area contributed by atoms with Gasteiger partial charge in [0.2, 0.25) is 29.5 Å². The number of nitrogens with two attached hydrogens (primary N) is 1. The van der Waals surface area contributed by atoms with Gasteiger partial charge in [-0.25, -0.2) is 0 Å². The zero-order chi connectivity index (χ0) is 46.0. The van der Waals surface area contributed by atoms with Gasteiger partial charge < -0.3 is 46.0 Å². The molecule has 0 saturated carbocycles. The molecule has 0 aliphatic carbocycles. The number of primary amides is 1. The molecule has 1 fully saturated rings. The Balaban J connectivity index is 1.17. The average Bonchev–Trinajstić information content (AvgIpc) is 3.65. The van der Waals surface area contributed by atoms with Crippen molar-refractivity contribution in [3.63, 3.8) is 0 Å². The van der Waals surface area contributed by atoms with E-state index in [-0.39, 0.29) is 51.2 Å². The van der Waals surface area contributed by atoms with E-state index in [2.05, 4.69) is 22.0 Å². The van der Waals surface area contributed by atoms with Crippen LogP contribution in [0, 0.1) is 12.8 Å². The summed E-state index contributed by atoms with van der Waals surface area (Å²) in [5.41, 5.74) is 7.90. The van der Waals surface area contributed by atoms with Gasteiger partial charge in [0.15, 0.2) is 0 Å². The fraction of sp³-hybridized carbons (Fsp3) is 0.362. The summed E-state index contributed by atoms with van der Waals surface area (Å²) in [4.78, 5) is 101. The smallest absolute Gasteiger partial charge is 0.329 e. The molecule has 5 aromatic rings. The number of carbonyl (C=O) groups excluding carboxylic acids is 5. The summed E-state index contributed by atoms with van der Waals surface area (Å²) in [6.45, 7) is 2.73. The number of nitrogens with zero attached hydrogens (tertiary/aromatic N) is 2. The van der Waals surface area contributed by atoms with E-state index in [0.717, 1.165) is 32.8 Å². The Labute approximate surface area is 370 Å². The molecule has 0 spiro atoms. The van der Waals surface area contributed by atoms with Crippen molar-refractivity contribution >= 4 is 64.8 Å². The molecule has 1 aliphatic rings. The fourth-order valence-corrected chi connectivity index (χ4v) is 9.06. The highest BCUT2D eigenvalue weighted by Crippen LogP contribution is 2.39. The maximum atomic E-state index is 14.5. The third-order valence-corrected chi connectivity index (χ3v) is 12.6. The Hall–Kier alpha value is -6.35. The molecule has 1 aromatic heterocycles. The van der Waals surface area contributed by atoms with E-state index in [1.54, 1.807) is 17.0 Å². The SMILES string of the molecule is Cc1ccc2c(ccn2CCC(=O)N2CCC(NC(=O)[C@@H](CC(=O)O)Cc3ccc(CP(=O)(O)O)cc3)(C(=O)N[C@@H](CC(N)=O)C(=O)NCCCc3cccc4ccccc34)CC2)c1. The Kier molecular flexibility index (Phi) is 15.4. The number of amides is 5. The number of nitrogens with one attached hydrogen (secondary N) is 3. The normalized spacial score (nSPS) is 14.7. The molecule has 2 atom stereocenters. The Morgan fingerprint density at radius 1 is 0.844 bits per heavy atom. The molecule has 338 valence electrons. The molecule has 1 aliphatic heterocycles.